The van der Waals surface area contributed by atoms with Crippen LogP contribution in [0, 0.1) is 0 Å². The van der Waals surface area contributed by atoms with Crippen molar-refractivity contribution in [2.45, 2.75) is 32.4 Å². The lowest BCUT2D eigenvalue weighted by Gasteiger charge is -2.26. The number of nitrogens with one attached hydrogen (secondary N) is 1. The Morgan fingerprint density at radius 3 is 2.83 bits per heavy atom. The van der Waals surface area contributed by atoms with Gasteiger partial charge in [-0.15, -0.1) is 11.3 Å². The minimum absolute atomic E-state index is 0.00555. The zero-order chi connectivity index (χ0) is 16.2. The van der Waals surface area contributed by atoms with E-state index < -0.39 is 0 Å². The molecule has 2 heterocycles. The fourth-order valence-electron chi connectivity index (χ4n) is 2.89. The quantitative estimate of drug-likeness (QED) is 0.884. The van der Waals surface area contributed by atoms with Crippen LogP contribution in [-0.2, 0) is 11.3 Å². The van der Waals surface area contributed by atoms with Crippen LogP contribution in [-0.4, -0.2) is 23.3 Å². The average Bonchev–Trinajstić information content (AvgIpc) is 3.20. The van der Waals surface area contributed by atoms with E-state index in [-0.39, 0.29) is 17.9 Å². The monoisotopic (exact) mass is 328 g/mol. The van der Waals surface area contributed by atoms with Gasteiger partial charge >= 0.3 is 0 Å². The van der Waals surface area contributed by atoms with Gasteiger partial charge in [0.15, 0.2) is 0 Å². The molecule has 1 aliphatic heterocycles. The van der Waals surface area contributed by atoms with E-state index in [2.05, 4.69) is 5.32 Å². The number of hydrogen-bond acceptors (Lipinski definition) is 3. The summed E-state index contributed by atoms with van der Waals surface area (Å²) in [5, 5.41) is 4.90. The van der Waals surface area contributed by atoms with E-state index in [1.165, 1.54) is 0 Å². The third-order valence-corrected chi connectivity index (χ3v) is 5.02. The SMILES string of the molecule is CCCNC(=O)C[C@@H](c1cccs1)N1Cc2ccccc2C1=O. The van der Waals surface area contributed by atoms with Crippen molar-refractivity contribution in [3.05, 3.63) is 57.8 Å². The maximum absolute atomic E-state index is 12.7. The molecule has 0 unspecified atom stereocenters. The maximum atomic E-state index is 12.7. The van der Waals surface area contributed by atoms with Gasteiger partial charge in [0, 0.05) is 23.5 Å². The van der Waals surface area contributed by atoms with Crippen LogP contribution in [0.3, 0.4) is 0 Å². The molecule has 3 rings (SSSR count). The third kappa shape index (κ3) is 3.29. The van der Waals surface area contributed by atoms with Crippen LogP contribution >= 0.6 is 11.3 Å². The molecule has 23 heavy (non-hydrogen) atoms. The van der Waals surface area contributed by atoms with E-state index in [0.717, 1.165) is 22.4 Å². The predicted molar refractivity (Wildman–Crippen MR) is 91.3 cm³/mol. The fraction of sp³-hybridized carbons (Fsp3) is 0.333. The molecule has 1 N–H and O–H groups in total. The first kappa shape index (κ1) is 15.7. The summed E-state index contributed by atoms with van der Waals surface area (Å²) in [6.45, 7) is 3.26. The molecule has 2 amide bonds. The number of benzene rings is 1. The maximum Gasteiger partial charge on any atom is 0.255 e. The standard InChI is InChI=1S/C18H20N2O2S/c1-2-9-19-17(21)11-15(16-8-5-10-23-16)20-12-13-6-3-4-7-14(13)18(20)22/h3-8,10,15H,2,9,11-12H2,1H3,(H,19,21)/t15-/m0/s1. The van der Waals surface area contributed by atoms with Crippen molar-refractivity contribution in [3.8, 4) is 0 Å². The van der Waals surface area contributed by atoms with Crippen molar-refractivity contribution < 1.29 is 9.59 Å². The van der Waals surface area contributed by atoms with E-state index in [0.29, 0.717) is 19.5 Å². The molecule has 1 aromatic carbocycles. The van der Waals surface area contributed by atoms with E-state index in [1.54, 1.807) is 11.3 Å². The second kappa shape index (κ2) is 6.96. The highest BCUT2D eigenvalue weighted by atomic mass is 32.1. The lowest BCUT2D eigenvalue weighted by Crippen LogP contribution is -2.34. The number of nitrogens with zero attached hydrogens (tertiary/aromatic N) is 1. The molecule has 4 nitrogen and oxygen atoms in total. The first-order valence-electron chi connectivity index (χ1n) is 7.89. The summed E-state index contributed by atoms with van der Waals surface area (Å²) >= 11 is 1.59. The third-order valence-electron chi connectivity index (χ3n) is 4.05. The molecule has 1 atom stereocenters. The van der Waals surface area contributed by atoms with Crippen molar-refractivity contribution in [1.82, 2.24) is 10.2 Å². The smallest absolute Gasteiger partial charge is 0.255 e. The molecular formula is C18H20N2O2S. The van der Waals surface area contributed by atoms with Gasteiger partial charge in [0.25, 0.3) is 5.91 Å². The number of fused-ring (bicyclic) bond motifs is 1. The van der Waals surface area contributed by atoms with Gasteiger partial charge in [0.1, 0.15) is 0 Å². The summed E-state index contributed by atoms with van der Waals surface area (Å²) in [5.41, 5.74) is 1.79. The van der Waals surface area contributed by atoms with E-state index >= 15 is 0 Å². The lowest BCUT2D eigenvalue weighted by molar-refractivity contribution is -0.122. The van der Waals surface area contributed by atoms with E-state index in [4.69, 9.17) is 0 Å². The minimum Gasteiger partial charge on any atom is -0.356 e. The van der Waals surface area contributed by atoms with Crippen molar-refractivity contribution >= 4 is 23.2 Å². The Morgan fingerprint density at radius 2 is 2.13 bits per heavy atom. The van der Waals surface area contributed by atoms with Crippen molar-refractivity contribution in [2.24, 2.45) is 0 Å². The van der Waals surface area contributed by atoms with Crippen LogP contribution in [0.25, 0.3) is 0 Å². The Morgan fingerprint density at radius 1 is 1.30 bits per heavy atom. The Kier molecular flexibility index (Phi) is 4.76. The number of carbonyl (C=O) groups is 2. The van der Waals surface area contributed by atoms with Crippen molar-refractivity contribution in [1.29, 1.82) is 0 Å². The highest BCUT2D eigenvalue weighted by molar-refractivity contribution is 7.10. The largest absolute Gasteiger partial charge is 0.356 e. The second-order valence-electron chi connectivity index (χ2n) is 5.68. The van der Waals surface area contributed by atoms with E-state index in [1.807, 2.05) is 53.6 Å². The van der Waals surface area contributed by atoms with Gasteiger partial charge < -0.3 is 10.2 Å². The molecule has 0 aliphatic carbocycles. The van der Waals surface area contributed by atoms with Crippen LogP contribution in [0.1, 0.15) is 46.6 Å². The van der Waals surface area contributed by atoms with Gasteiger partial charge in [0.05, 0.1) is 12.5 Å². The molecule has 0 saturated carbocycles. The molecule has 5 heteroatoms. The lowest BCUT2D eigenvalue weighted by atomic mass is 10.1. The van der Waals surface area contributed by atoms with Gasteiger partial charge in [-0.05, 0) is 29.5 Å². The minimum atomic E-state index is -0.202. The molecule has 0 bridgehead atoms. The van der Waals surface area contributed by atoms with Crippen molar-refractivity contribution in [3.63, 3.8) is 0 Å². The van der Waals surface area contributed by atoms with Crippen LogP contribution in [0.15, 0.2) is 41.8 Å². The van der Waals surface area contributed by atoms with Gasteiger partial charge in [0.2, 0.25) is 5.91 Å². The average molecular weight is 328 g/mol. The highest BCUT2D eigenvalue weighted by Crippen LogP contribution is 2.35. The molecule has 0 spiro atoms. The van der Waals surface area contributed by atoms with Gasteiger partial charge in [-0.3, -0.25) is 9.59 Å². The predicted octanol–water partition coefficient (Wildman–Crippen LogP) is 3.36. The van der Waals surface area contributed by atoms with E-state index in [9.17, 15) is 9.59 Å². The summed E-state index contributed by atoms with van der Waals surface area (Å²) in [5.74, 6) is 0.0105. The molecule has 0 saturated heterocycles. The summed E-state index contributed by atoms with van der Waals surface area (Å²) in [4.78, 5) is 27.8. The zero-order valence-electron chi connectivity index (χ0n) is 13.1. The molecular weight excluding hydrogens is 308 g/mol. The van der Waals surface area contributed by atoms with Gasteiger partial charge in [-0.2, -0.15) is 0 Å². The Hall–Kier alpha value is -2.14. The van der Waals surface area contributed by atoms with Crippen molar-refractivity contribution in [2.75, 3.05) is 6.54 Å². The zero-order valence-corrected chi connectivity index (χ0v) is 13.9. The fourth-order valence-corrected chi connectivity index (χ4v) is 3.73. The Balaban J connectivity index is 1.83. The summed E-state index contributed by atoms with van der Waals surface area (Å²) < 4.78 is 0. The van der Waals surface area contributed by atoms with Gasteiger partial charge in [-0.25, -0.2) is 0 Å². The number of hydrogen-bond donors (Lipinski definition) is 1. The second-order valence-corrected chi connectivity index (χ2v) is 6.65. The summed E-state index contributed by atoms with van der Waals surface area (Å²) in [6, 6.07) is 11.4. The Labute approximate surface area is 140 Å². The number of thiophene rings is 1. The molecule has 120 valence electrons. The number of amides is 2. The normalized spacial score (nSPS) is 14.7. The highest BCUT2D eigenvalue weighted by Gasteiger charge is 2.34. The van der Waals surface area contributed by atoms with Gasteiger partial charge in [-0.1, -0.05) is 31.2 Å². The van der Waals surface area contributed by atoms with Crippen LogP contribution < -0.4 is 5.32 Å². The summed E-state index contributed by atoms with van der Waals surface area (Å²) in [7, 11) is 0. The first-order chi connectivity index (χ1) is 11.2. The number of rotatable bonds is 6. The molecule has 2 aromatic rings. The molecule has 0 fully saturated rings. The molecule has 0 radical (unpaired) electrons. The molecule has 1 aromatic heterocycles. The first-order valence-corrected chi connectivity index (χ1v) is 8.77. The van der Waals surface area contributed by atoms with Crippen LogP contribution in [0.2, 0.25) is 0 Å². The Bertz CT molecular complexity index is 697. The summed E-state index contributed by atoms with van der Waals surface area (Å²) in [6.07, 6.45) is 1.21. The topological polar surface area (TPSA) is 49.4 Å². The van der Waals surface area contributed by atoms with Crippen LogP contribution in [0.4, 0.5) is 0 Å². The van der Waals surface area contributed by atoms with Crippen LogP contribution in [0.5, 0.6) is 0 Å². The number of carbonyl (C=O) groups excluding carboxylic acids is 2. The molecule has 1 aliphatic rings.